The number of methoxy groups -OCH3 is 1. The van der Waals surface area contributed by atoms with E-state index >= 15 is 0 Å². The number of carbonyl (C=O) groups excluding carboxylic acids is 2. The van der Waals surface area contributed by atoms with Crippen LogP contribution in [0.2, 0.25) is 5.02 Å². The predicted octanol–water partition coefficient (Wildman–Crippen LogP) is 4.87. The highest BCUT2D eigenvalue weighted by molar-refractivity contribution is 6.32. The Morgan fingerprint density at radius 2 is 1.81 bits per heavy atom. The quantitative estimate of drug-likeness (QED) is 0.315. The summed E-state index contributed by atoms with van der Waals surface area (Å²) in [5.74, 6) is 0.0467. The van der Waals surface area contributed by atoms with E-state index in [4.69, 9.17) is 22.1 Å². The van der Waals surface area contributed by atoms with Crippen molar-refractivity contribution in [1.29, 1.82) is 0 Å². The molecule has 0 spiro atoms. The highest BCUT2D eigenvalue weighted by atomic mass is 35.5. The summed E-state index contributed by atoms with van der Waals surface area (Å²) in [6, 6.07) is 20.2. The first-order chi connectivity index (χ1) is 17.3. The molecule has 3 aromatic carbocycles. The second kappa shape index (κ2) is 11.3. The molecule has 2 amide bonds. The third kappa shape index (κ3) is 6.05. The van der Waals surface area contributed by atoms with Crippen molar-refractivity contribution >= 4 is 46.6 Å². The number of hydrogen-bond donors (Lipinski definition) is 3. The van der Waals surface area contributed by atoms with Gasteiger partial charge in [0.1, 0.15) is 5.75 Å². The standard InChI is InChI=1S/C28H29ClN4O3/c1-33-16-21(22(17-33)28(35)31-20-12-13-23(29)26(15-20)36-2)19-10-7-18(8-11-19)9-14-27(34)32-25-6-4-3-5-24(25)30/h3-15,21-22H,16-17,30H2,1-2H3,(H,31,35)(H,32,34)/b14-9+. The van der Waals surface area contributed by atoms with Crippen LogP contribution in [0, 0.1) is 5.92 Å². The molecule has 1 aliphatic rings. The minimum atomic E-state index is -0.259. The topological polar surface area (TPSA) is 96.7 Å². The van der Waals surface area contributed by atoms with Gasteiger partial charge in [-0.2, -0.15) is 0 Å². The van der Waals surface area contributed by atoms with E-state index in [1.165, 1.54) is 6.08 Å². The van der Waals surface area contributed by atoms with Crippen molar-refractivity contribution in [2.75, 3.05) is 43.6 Å². The molecule has 0 saturated carbocycles. The molecule has 7 nitrogen and oxygen atoms in total. The Balaban J connectivity index is 1.42. The maximum Gasteiger partial charge on any atom is 0.248 e. The van der Waals surface area contributed by atoms with E-state index in [9.17, 15) is 9.59 Å². The van der Waals surface area contributed by atoms with Gasteiger partial charge in [-0.15, -0.1) is 0 Å². The zero-order valence-electron chi connectivity index (χ0n) is 20.2. The molecule has 0 aromatic heterocycles. The third-order valence-electron chi connectivity index (χ3n) is 6.27. The number of nitrogens with two attached hydrogens (primary N) is 1. The largest absolute Gasteiger partial charge is 0.495 e. The highest BCUT2D eigenvalue weighted by Gasteiger charge is 2.37. The molecule has 1 heterocycles. The molecule has 4 N–H and O–H groups in total. The van der Waals surface area contributed by atoms with Gasteiger partial charge < -0.3 is 26.0 Å². The lowest BCUT2D eigenvalue weighted by molar-refractivity contribution is -0.119. The molecule has 4 rings (SSSR count). The number of para-hydroxylation sites is 2. The summed E-state index contributed by atoms with van der Waals surface area (Å²) < 4.78 is 5.25. The molecular formula is C28H29ClN4O3. The lowest BCUT2D eigenvalue weighted by atomic mass is 9.88. The number of benzene rings is 3. The summed E-state index contributed by atoms with van der Waals surface area (Å²) in [6.45, 7) is 1.43. The number of likely N-dealkylation sites (N-methyl/N-ethyl adjacent to an activating group) is 1. The summed E-state index contributed by atoms with van der Waals surface area (Å²) in [7, 11) is 3.56. The van der Waals surface area contributed by atoms with E-state index < -0.39 is 0 Å². The average Bonchev–Trinajstić information content (AvgIpc) is 3.27. The number of rotatable bonds is 7. The summed E-state index contributed by atoms with van der Waals surface area (Å²) in [4.78, 5) is 27.6. The van der Waals surface area contributed by atoms with Gasteiger partial charge in [0, 0.05) is 36.8 Å². The number of carbonyl (C=O) groups is 2. The monoisotopic (exact) mass is 504 g/mol. The Kier molecular flexibility index (Phi) is 7.93. The number of nitrogens with zero attached hydrogens (tertiary/aromatic N) is 1. The molecule has 36 heavy (non-hydrogen) atoms. The maximum absolute atomic E-state index is 13.2. The Bertz CT molecular complexity index is 1280. The number of nitrogens with one attached hydrogen (secondary N) is 2. The molecule has 1 saturated heterocycles. The van der Waals surface area contributed by atoms with Crippen LogP contribution in [0.15, 0.2) is 72.8 Å². The van der Waals surface area contributed by atoms with E-state index in [0.29, 0.717) is 34.4 Å². The fourth-order valence-corrected chi connectivity index (χ4v) is 4.58. The van der Waals surface area contributed by atoms with Gasteiger partial charge in [0.15, 0.2) is 0 Å². The molecule has 2 atom stereocenters. The van der Waals surface area contributed by atoms with Gasteiger partial charge in [-0.05, 0) is 48.5 Å². The van der Waals surface area contributed by atoms with Crippen LogP contribution in [0.3, 0.4) is 0 Å². The van der Waals surface area contributed by atoms with Gasteiger partial charge in [0.05, 0.1) is 29.4 Å². The Morgan fingerprint density at radius 3 is 2.53 bits per heavy atom. The van der Waals surface area contributed by atoms with Crippen molar-refractivity contribution < 1.29 is 14.3 Å². The molecule has 8 heteroatoms. The van der Waals surface area contributed by atoms with Crippen LogP contribution < -0.4 is 21.1 Å². The fourth-order valence-electron chi connectivity index (χ4n) is 4.39. The Morgan fingerprint density at radius 1 is 1.06 bits per heavy atom. The summed E-state index contributed by atoms with van der Waals surface area (Å²) >= 11 is 6.10. The average molecular weight is 505 g/mol. The zero-order chi connectivity index (χ0) is 25.7. The fraction of sp³-hybridized carbons (Fsp3) is 0.214. The Labute approximate surface area is 215 Å². The molecule has 3 aromatic rings. The smallest absolute Gasteiger partial charge is 0.248 e. The summed E-state index contributed by atoms with van der Waals surface area (Å²) in [5, 5.41) is 6.27. The van der Waals surface area contributed by atoms with E-state index in [1.54, 1.807) is 43.5 Å². The van der Waals surface area contributed by atoms with Gasteiger partial charge in [0.2, 0.25) is 11.8 Å². The third-order valence-corrected chi connectivity index (χ3v) is 6.58. The van der Waals surface area contributed by atoms with Crippen molar-refractivity contribution in [3.05, 3.63) is 89.0 Å². The molecule has 2 unspecified atom stereocenters. The first-order valence-corrected chi connectivity index (χ1v) is 12.0. The second-order valence-corrected chi connectivity index (χ2v) is 9.26. The predicted molar refractivity (Wildman–Crippen MR) is 145 cm³/mol. The van der Waals surface area contributed by atoms with Crippen molar-refractivity contribution in [3.8, 4) is 5.75 Å². The number of nitrogen functional groups attached to an aromatic ring is 1. The van der Waals surface area contributed by atoms with Crippen molar-refractivity contribution in [2.45, 2.75) is 5.92 Å². The lowest BCUT2D eigenvalue weighted by Crippen LogP contribution is -2.28. The molecule has 0 aliphatic carbocycles. The van der Waals surface area contributed by atoms with Crippen LogP contribution >= 0.6 is 11.6 Å². The van der Waals surface area contributed by atoms with E-state index in [1.807, 2.05) is 43.4 Å². The van der Waals surface area contributed by atoms with E-state index in [-0.39, 0.29) is 23.7 Å². The molecule has 0 bridgehead atoms. The lowest BCUT2D eigenvalue weighted by Gasteiger charge is -2.19. The number of hydrogen-bond acceptors (Lipinski definition) is 5. The van der Waals surface area contributed by atoms with E-state index in [0.717, 1.165) is 17.7 Å². The second-order valence-electron chi connectivity index (χ2n) is 8.85. The van der Waals surface area contributed by atoms with Crippen molar-refractivity contribution in [1.82, 2.24) is 4.90 Å². The van der Waals surface area contributed by atoms with Gasteiger partial charge in [-0.3, -0.25) is 9.59 Å². The highest BCUT2D eigenvalue weighted by Crippen LogP contribution is 2.34. The number of anilines is 3. The summed E-state index contributed by atoms with van der Waals surface area (Å²) in [6.07, 6.45) is 3.22. The SMILES string of the molecule is COc1cc(NC(=O)C2CN(C)CC2c2ccc(/C=C/C(=O)Nc3ccccc3N)cc2)ccc1Cl. The van der Waals surface area contributed by atoms with Gasteiger partial charge >= 0.3 is 0 Å². The minimum Gasteiger partial charge on any atom is -0.495 e. The van der Waals surface area contributed by atoms with Crippen LogP contribution in [0.25, 0.3) is 6.08 Å². The van der Waals surface area contributed by atoms with Crippen LogP contribution in [-0.4, -0.2) is 44.0 Å². The molecule has 186 valence electrons. The molecule has 1 aliphatic heterocycles. The molecule has 0 radical (unpaired) electrons. The Hall–Kier alpha value is -3.81. The van der Waals surface area contributed by atoms with Gasteiger partial charge in [-0.1, -0.05) is 48.0 Å². The van der Waals surface area contributed by atoms with Crippen LogP contribution in [0.5, 0.6) is 5.75 Å². The van der Waals surface area contributed by atoms with E-state index in [2.05, 4.69) is 15.5 Å². The zero-order valence-corrected chi connectivity index (χ0v) is 21.0. The first kappa shape index (κ1) is 25.3. The van der Waals surface area contributed by atoms with Gasteiger partial charge in [0.25, 0.3) is 0 Å². The van der Waals surface area contributed by atoms with Crippen LogP contribution in [0.4, 0.5) is 17.1 Å². The van der Waals surface area contributed by atoms with Gasteiger partial charge in [-0.25, -0.2) is 0 Å². The first-order valence-electron chi connectivity index (χ1n) is 11.6. The number of amides is 2. The minimum absolute atomic E-state index is 0.0467. The number of halogens is 1. The normalized spacial score (nSPS) is 17.8. The summed E-state index contributed by atoms with van der Waals surface area (Å²) in [5.41, 5.74) is 9.57. The molecular weight excluding hydrogens is 476 g/mol. The van der Waals surface area contributed by atoms with Crippen LogP contribution in [0.1, 0.15) is 17.0 Å². The van der Waals surface area contributed by atoms with Crippen LogP contribution in [-0.2, 0) is 9.59 Å². The van der Waals surface area contributed by atoms with Crippen molar-refractivity contribution in [3.63, 3.8) is 0 Å². The van der Waals surface area contributed by atoms with Crippen molar-refractivity contribution in [2.24, 2.45) is 5.92 Å². The number of ether oxygens (including phenoxy) is 1. The number of likely N-dealkylation sites (tertiary alicyclic amines) is 1. The maximum atomic E-state index is 13.2. The molecule has 1 fully saturated rings.